The third-order valence-electron chi connectivity index (χ3n) is 5.24. The van der Waals surface area contributed by atoms with Gasteiger partial charge in [-0.15, -0.1) is 24.0 Å². The Morgan fingerprint density at radius 2 is 2.03 bits per heavy atom. The van der Waals surface area contributed by atoms with Crippen LogP contribution in [0, 0.1) is 6.92 Å². The van der Waals surface area contributed by atoms with Gasteiger partial charge in [0.15, 0.2) is 5.96 Å². The number of aryl methyl sites for hydroxylation is 1. The Kier molecular flexibility index (Phi) is 9.76. The molecule has 6 nitrogen and oxygen atoms in total. The molecule has 0 radical (unpaired) electrons. The molecule has 7 heteroatoms. The zero-order valence-corrected chi connectivity index (χ0v) is 19.8. The van der Waals surface area contributed by atoms with Crippen LogP contribution >= 0.6 is 24.0 Å². The normalized spacial score (nSPS) is 15.2. The summed E-state index contributed by atoms with van der Waals surface area (Å²) >= 11 is 0. The first kappa shape index (κ1) is 23.5. The number of hydrogen-bond donors (Lipinski definition) is 2. The second-order valence-corrected chi connectivity index (χ2v) is 7.31. The van der Waals surface area contributed by atoms with E-state index in [-0.39, 0.29) is 24.0 Å². The van der Waals surface area contributed by atoms with Gasteiger partial charge in [0.05, 0.1) is 0 Å². The number of likely N-dealkylation sites (tertiary alicyclic amines) is 1. The molecule has 1 aliphatic heterocycles. The average Bonchev–Trinajstić information content (AvgIpc) is 2.87. The molecule has 0 atom stereocenters. The van der Waals surface area contributed by atoms with Gasteiger partial charge in [-0.3, -0.25) is 4.79 Å². The van der Waals surface area contributed by atoms with Crippen molar-refractivity contribution in [2.24, 2.45) is 4.99 Å². The predicted octanol–water partition coefficient (Wildman–Crippen LogP) is 4.21. The largest absolute Gasteiger partial charge is 0.459 e. The van der Waals surface area contributed by atoms with Crippen molar-refractivity contribution in [1.82, 2.24) is 15.5 Å². The Balaban J connectivity index is 0.00000300. The van der Waals surface area contributed by atoms with Gasteiger partial charge in [0.25, 0.3) is 0 Å². The van der Waals surface area contributed by atoms with Crippen LogP contribution in [0.2, 0.25) is 0 Å². The smallest absolute Gasteiger partial charge is 0.222 e. The number of amides is 1. The van der Waals surface area contributed by atoms with Crippen LogP contribution in [-0.4, -0.2) is 42.9 Å². The quantitative estimate of drug-likeness (QED) is 0.253. The molecule has 1 fully saturated rings. The molecule has 1 amide bonds. The first-order valence-electron chi connectivity index (χ1n) is 10.5. The van der Waals surface area contributed by atoms with Gasteiger partial charge in [-0.05, 0) is 39.2 Å². The summed E-state index contributed by atoms with van der Waals surface area (Å²) in [5.41, 5.74) is 2.06. The molecule has 0 aliphatic carbocycles. The molecule has 3 rings (SSSR count). The molecule has 2 heterocycles. The molecule has 1 saturated heterocycles. The lowest BCUT2D eigenvalue weighted by molar-refractivity contribution is -0.130. The van der Waals surface area contributed by atoms with Crippen molar-refractivity contribution < 1.29 is 9.21 Å². The van der Waals surface area contributed by atoms with Gasteiger partial charge in [-0.2, -0.15) is 0 Å². The highest BCUT2D eigenvalue weighted by Crippen LogP contribution is 2.25. The summed E-state index contributed by atoms with van der Waals surface area (Å²) in [7, 11) is 0. The standard InChI is InChI=1S/C22H32N4O2.HI/c1-3-23-22(24-13-9-15-26-14-8-4-5-12-21(26)27)25-16-20-17(2)18-10-6-7-11-19(18)28-20;/h6-7,10-11H,3-5,8-9,12-16H2,1-2H3,(H2,23,24,25);1H. The van der Waals surface area contributed by atoms with Crippen molar-refractivity contribution in [1.29, 1.82) is 0 Å². The summed E-state index contributed by atoms with van der Waals surface area (Å²) in [5, 5.41) is 7.80. The summed E-state index contributed by atoms with van der Waals surface area (Å²) in [5.74, 6) is 1.98. The Bertz CT molecular complexity index is 818. The molecule has 29 heavy (non-hydrogen) atoms. The van der Waals surface area contributed by atoms with Crippen LogP contribution in [0.4, 0.5) is 0 Å². The number of aliphatic imine (C=N–C) groups is 1. The minimum Gasteiger partial charge on any atom is -0.459 e. The molecule has 1 aromatic carbocycles. The van der Waals surface area contributed by atoms with Crippen molar-refractivity contribution in [2.75, 3.05) is 26.2 Å². The van der Waals surface area contributed by atoms with Crippen LogP contribution in [0.15, 0.2) is 33.7 Å². The fourth-order valence-corrected chi connectivity index (χ4v) is 3.62. The van der Waals surface area contributed by atoms with Gasteiger partial charge in [0, 0.05) is 43.5 Å². The van der Waals surface area contributed by atoms with E-state index in [9.17, 15) is 4.79 Å². The third-order valence-corrected chi connectivity index (χ3v) is 5.24. The average molecular weight is 512 g/mol. The maximum Gasteiger partial charge on any atom is 0.222 e. The van der Waals surface area contributed by atoms with Crippen molar-refractivity contribution in [3.8, 4) is 0 Å². The number of fused-ring (bicyclic) bond motifs is 1. The zero-order chi connectivity index (χ0) is 19.8. The number of benzene rings is 1. The number of carbonyl (C=O) groups excluding carboxylic acids is 1. The number of carbonyl (C=O) groups is 1. The minimum atomic E-state index is 0. The van der Waals surface area contributed by atoms with Gasteiger partial charge in [-0.25, -0.2) is 4.99 Å². The summed E-state index contributed by atoms with van der Waals surface area (Å²) in [6.45, 7) is 7.94. The molecule has 0 bridgehead atoms. The summed E-state index contributed by atoms with van der Waals surface area (Å²) in [4.78, 5) is 18.8. The Morgan fingerprint density at radius 1 is 1.21 bits per heavy atom. The Hall–Kier alpha value is -1.77. The van der Waals surface area contributed by atoms with Gasteiger partial charge in [-0.1, -0.05) is 24.6 Å². The maximum atomic E-state index is 12.1. The van der Waals surface area contributed by atoms with Crippen LogP contribution in [0.25, 0.3) is 11.0 Å². The number of nitrogens with one attached hydrogen (secondary N) is 2. The summed E-state index contributed by atoms with van der Waals surface area (Å²) in [6.07, 6.45) is 4.94. The molecule has 1 aromatic heterocycles. The molecular weight excluding hydrogens is 479 g/mol. The Morgan fingerprint density at radius 3 is 2.83 bits per heavy atom. The summed E-state index contributed by atoms with van der Waals surface area (Å²) in [6, 6.07) is 8.08. The fourth-order valence-electron chi connectivity index (χ4n) is 3.62. The van der Waals surface area contributed by atoms with Gasteiger partial charge in [0.2, 0.25) is 5.91 Å². The SMILES string of the molecule is CCNC(=NCc1oc2ccccc2c1C)NCCCN1CCCCCC1=O.I. The van der Waals surface area contributed by atoms with E-state index < -0.39 is 0 Å². The first-order chi connectivity index (χ1) is 13.7. The van der Waals surface area contributed by atoms with E-state index in [2.05, 4.69) is 35.5 Å². The highest BCUT2D eigenvalue weighted by atomic mass is 127. The van der Waals surface area contributed by atoms with Crippen molar-refractivity contribution in [3.63, 3.8) is 0 Å². The second kappa shape index (κ2) is 12.0. The Labute approximate surface area is 190 Å². The predicted molar refractivity (Wildman–Crippen MR) is 129 cm³/mol. The molecule has 2 aromatic rings. The molecule has 0 unspecified atom stereocenters. The number of para-hydroxylation sites is 1. The van der Waals surface area contributed by atoms with Gasteiger partial charge in [0.1, 0.15) is 17.9 Å². The van der Waals surface area contributed by atoms with E-state index in [4.69, 9.17) is 4.42 Å². The highest BCUT2D eigenvalue weighted by Gasteiger charge is 2.15. The first-order valence-corrected chi connectivity index (χ1v) is 10.5. The molecule has 0 saturated carbocycles. The monoisotopic (exact) mass is 512 g/mol. The molecular formula is C22H33IN4O2. The third kappa shape index (κ3) is 6.62. The van der Waals surface area contributed by atoms with E-state index in [1.165, 1.54) is 6.42 Å². The number of halogens is 1. The summed E-state index contributed by atoms with van der Waals surface area (Å²) < 4.78 is 5.95. The topological polar surface area (TPSA) is 69.9 Å². The molecule has 0 spiro atoms. The van der Waals surface area contributed by atoms with E-state index in [0.29, 0.717) is 18.9 Å². The van der Waals surface area contributed by atoms with Crippen LogP contribution < -0.4 is 10.6 Å². The van der Waals surface area contributed by atoms with E-state index in [0.717, 1.165) is 73.7 Å². The number of hydrogen-bond acceptors (Lipinski definition) is 3. The number of furan rings is 1. The van der Waals surface area contributed by atoms with Crippen LogP contribution in [-0.2, 0) is 11.3 Å². The van der Waals surface area contributed by atoms with Crippen LogP contribution in [0.5, 0.6) is 0 Å². The van der Waals surface area contributed by atoms with Gasteiger partial charge >= 0.3 is 0 Å². The lowest BCUT2D eigenvalue weighted by Gasteiger charge is -2.20. The van der Waals surface area contributed by atoms with Crippen molar-refractivity contribution >= 4 is 46.8 Å². The second-order valence-electron chi connectivity index (χ2n) is 7.31. The molecule has 2 N–H and O–H groups in total. The van der Waals surface area contributed by atoms with E-state index in [1.807, 2.05) is 23.1 Å². The van der Waals surface area contributed by atoms with E-state index >= 15 is 0 Å². The van der Waals surface area contributed by atoms with Crippen molar-refractivity contribution in [3.05, 3.63) is 35.6 Å². The number of guanidine groups is 1. The minimum absolute atomic E-state index is 0. The highest BCUT2D eigenvalue weighted by molar-refractivity contribution is 14.0. The fraction of sp³-hybridized carbons (Fsp3) is 0.545. The van der Waals surface area contributed by atoms with Gasteiger partial charge < -0.3 is 20.0 Å². The lowest BCUT2D eigenvalue weighted by Crippen LogP contribution is -2.39. The van der Waals surface area contributed by atoms with Crippen molar-refractivity contribution in [2.45, 2.75) is 52.5 Å². The maximum absolute atomic E-state index is 12.1. The lowest BCUT2D eigenvalue weighted by atomic mass is 10.1. The zero-order valence-electron chi connectivity index (χ0n) is 17.5. The number of nitrogens with zero attached hydrogens (tertiary/aromatic N) is 2. The number of rotatable bonds is 7. The molecule has 160 valence electrons. The molecule has 1 aliphatic rings. The van der Waals surface area contributed by atoms with Crippen LogP contribution in [0.1, 0.15) is 50.4 Å². The van der Waals surface area contributed by atoms with Crippen LogP contribution in [0.3, 0.4) is 0 Å². The van der Waals surface area contributed by atoms with E-state index in [1.54, 1.807) is 0 Å².